The van der Waals surface area contributed by atoms with Crippen molar-refractivity contribution in [1.82, 2.24) is 0 Å². The van der Waals surface area contributed by atoms with Crippen LogP contribution in [0.3, 0.4) is 0 Å². The summed E-state index contributed by atoms with van der Waals surface area (Å²) in [6.45, 7) is 0.142. The molecule has 0 atom stereocenters. The fourth-order valence-corrected chi connectivity index (χ4v) is 3.28. The molecule has 0 aromatic rings. The molecule has 0 aromatic carbocycles. The van der Waals surface area contributed by atoms with E-state index in [-0.39, 0.29) is 12.4 Å². The highest BCUT2D eigenvalue weighted by Gasteiger charge is 2.75. The van der Waals surface area contributed by atoms with E-state index >= 15 is 0 Å². The molecule has 0 aromatic heterocycles. The van der Waals surface area contributed by atoms with Gasteiger partial charge in [-0.15, -0.1) is 0 Å². The topological polar surface area (TPSA) is 52.6 Å². The van der Waals surface area contributed by atoms with Crippen LogP contribution in [0.4, 0.5) is 35.1 Å². The van der Waals surface area contributed by atoms with Crippen LogP contribution >= 0.6 is 0 Å². The van der Waals surface area contributed by atoms with E-state index in [0.29, 0.717) is 32.3 Å². The number of alkyl halides is 8. The number of halogens is 8. The van der Waals surface area contributed by atoms with E-state index in [0.717, 1.165) is 32.1 Å². The summed E-state index contributed by atoms with van der Waals surface area (Å²) in [4.78, 5) is 23.1. The van der Waals surface area contributed by atoms with Gasteiger partial charge in [0.1, 0.15) is 0 Å². The first-order valence-corrected chi connectivity index (χ1v) is 12.5. The first kappa shape index (κ1) is 34.4. The lowest BCUT2D eigenvalue weighted by molar-refractivity contribution is -0.344. The minimum absolute atomic E-state index is 0.175. The molecule has 0 saturated heterocycles. The summed E-state index contributed by atoms with van der Waals surface area (Å²) < 4.78 is 111. The Hall–Kier alpha value is -1.62. The summed E-state index contributed by atoms with van der Waals surface area (Å²) in [5, 5.41) is 0. The van der Waals surface area contributed by atoms with Gasteiger partial charge in [0.25, 0.3) is 0 Å². The zero-order valence-electron chi connectivity index (χ0n) is 20.8. The maximum atomic E-state index is 13.3. The molecule has 0 aliphatic heterocycles. The number of hydrogen-bond acceptors (Lipinski definition) is 4. The Balaban J connectivity index is 3.81. The quantitative estimate of drug-likeness (QED) is 0.0788. The first-order valence-electron chi connectivity index (χ1n) is 12.5. The van der Waals surface area contributed by atoms with E-state index in [9.17, 15) is 44.7 Å². The summed E-state index contributed by atoms with van der Waals surface area (Å²) in [5.41, 5.74) is 0. The molecule has 0 fully saturated rings. The number of carbonyl (C=O) groups is 2. The van der Waals surface area contributed by atoms with Crippen molar-refractivity contribution in [3.05, 3.63) is 0 Å². The molecule has 0 aliphatic rings. The number of carbonyl (C=O) groups excluding carboxylic acids is 2. The van der Waals surface area contributed by atoms with Gasteiger partial charge < -0.3 is 9.47 Å². The fraction of sp³-hybridized carbons (Fsp3) is 0.917. The predicted molar refractivity (Wildman–Crippen MR) is 118 cm³/mol. The molecule has 0 spiro atoms. The van der Waals surface area contributed by atoms with Crippen LogP contribution in [-0.2, 0) is 19.1 Å². The number of hydrogen-bond donors (Lipinski definition) is 0. The van der Waals surface area contributed by atoms with Crippen molar-refractivity contribution < 1.29 is 54.2 Å². The molecule has 36 heavy (non-hydrogen) atoms. The van der Waals surface area contributed by atoms with Crippen LogP contribution in [0.1, 0.15) is 103 Å². The monoisotopic (exact) mass is 542 g/mol. The highest BCUT2D eigenvalue weighted by molar-refractivity contribution is 5.69. The molecule has 0 aliphatic carbocycles. The average molecular weight is 543 g/mol. The molecule has 0 saturated carbocycles. The molecule has 0 bridgehead atoms. The van der Waals surface area contributed by atoms with E-state index in [4.69, 9.17) is 4.74 Å². The Morgan fingerprint density at radius 2 is 1.06 bits per heavy atom. The molecule has 4 nitrogen and oxygen atoms in total. The third kappa shape index (κ3) is 13.1. The van der Waals surface area contributed by atoms with Crippen molar-refractivity contribution in [3.8, 4) is 0 Å². The molecular formula is C24H38F8O4. The fourth-order valence-electron chi connectivity index (χ4n) is 3.28. The van der Waals surface area contributed by atoms with E-state index in [2.05, 4.69) is 11.7 Å². The SMILES string of the molecule is CCCCCCCCCOC(=O)CCCCCCCCC(=O)OCC(F)(F)C(F)(F)C(F)(F)C(F)F. The largest absolute Gasteiger partial charge is 0.466 e. The molecule has 214 valence electrons. The molecular weight excluding hydrogens is 504 g/mol. The Bertz CT molecular complexity index is 615. The smallest absolute Gasteiger partial charge is 0.381 e. The summed E-state index contributed by atoms with van der Waals surface area (Å²) in [6.07, 6.45) is 6.15. The normalized spacial score (nSPS) is 12.7. The zero-order valence-corrected chi connectivity index (χ0v) is 20.8. The van der Waals surface area contributed by atoms with Gasteiger partial charge in [0.15, 0.2) is 6.61 Å². The van der Waals surface area contributed by atoms with Gasteiger partial charge in [0.2, 0.25) is 0 Å². The van der Waals surface area contributed by atoms with Crippen molar-refractivity contribution in [2.75, 3.05) is 13.2 Å². The van der Waals surface area contributed by atoms with Crippen molar-refractivity contribution >= 4 is 11.9 Å². The van der Waals surface area contributed by atoms with Gasteiger partial charge in [-0.2, -0.15) is 26.3 Å². The van der Waals surface area contributed by atoms with Crippen molar-refractivity contribution in [2.45, 2.75) is 127 Å². The number of rotatable bonds is 22. The van der Waals surface area contributed by atoms with Crippen molar-refractivity contribution in [3.63, 3.8) is 0 Å². The van der Waals surface area contributed by atoms with Crippen LogP contribution in [0.15, 0.2) is 0 Å². The average Bonchev–Trinajstić information content (AvgIpc) is 2.80. The van der Waals surface area contributed by atoms with E-state index in [1.54, 1.807) is 0 Å². The molecule has 0 radical (unpaired) electrons. The lowest BCUT2D eigenvalue weighted by Crippen LogP contribution is -2.59. The second-order valence-electron chi connectivity index (χ2n) is 8.83. The summed E-state index contributed by atoms with van der Waals surface area (Å²) in [7, 11) is 0. The van der Waals surface area contributed by atoms with Crippen LogP contribution in [0.25, 0.3) is 0 Å². The van der Waals surface area contributed by atoms with E-state index < -0.39 is 43.2 Å². The summed E-state index contributed by atoms with van der Waals surface area (Å²) in [6, 6.07) is 0. The molecule has 0 rings (SSSR count). The van der Waals surface area contributed by atoms with Crippen LogP contribution in [0, 0.1) is 0 Å². The van der Waals surface area contributed by atoms with Gasteiger partial charge in [-0.05, 0) is 19.3 Å². The van der Waals surface area contributed by atoms with Gasteiger partial charge in [-0.3, -0.25) is 9.59 Å². The Kier molecular flexibility index (Phi) is 17.0. The molecule has 0 unspecified atom stereocenters. The van der Waals surface area contributed by atoms with Gasteiger partial charge in [0, 0.05) is 12.8 Å². The Morgan fingerprint density at radius 1 is 0.639 bits per heavy atom. The van der Waals surface area contributed by atoms with Crippen LogP contribution in [0.5, 0.6) is 0 Å². The van der Waals surface area contributed by atoms with Crippen LogP contribution in [0.2, 0.25) is 0 Å². The summed E-state index contributed by atoms with van der Waals surface area (Å²) in [5.74, 6) is -19.9. The predicted octanol–water partition coefficient (Wildman–Crippen LogP) is 8.12. The third-order valence-corrected chi connectivity index (χ3v) is 5.59. The van der Waals surface area contributed by atoms with Crippen LogP contribution in [-0.4, -0.2) is 49.3 Å². The Labute approximate surface area is 207 Å². The molecule has 12 heteroatoms. The van der Waals surface area contributed by atoms with E-state index in [1.807, 2.05) is 0 Å². The standard InChI is InChI=1S/C24H38F8O4/c1-2-3-4-5-8-11-14-17-35-19(33)15-12-9-6-7-10-13-16-20(34)36-18-22(27,28)24(31,32)23(29,30)21(25)26/h21H,2-18H2,1H3. The molecule has 0 amide bonds. The molecule has 0 heterocycles. The maximum Gasteiger partial charge on any atom is 0.381 e. The Morgan fingerprint density at radius 3 is 1.53 bits per heavy atom. The van der Waals surface area contributed by atoms with Crippen molar-refractivity contribution in [1.29, 1.82) is 0 Å². The zero-order chi connectivity index (χ0) is 27.7. The first-order chi connectivity index (χ1) is 16.8. The van der Waals surface area contributed by atoms with Crippen LogP contribution < -0.4 is 0 Å². The highest BCUT2D eigenvalue weighted by atomic mass is 19.4. The second-order valence-corrected chi connectivity index (χ2v) is 8.83. The summed E-state index contributed by atoms with van der Waals surface area (Å²) >= 11 is 0. The second kappa shape index (κ2) is 17.8. The van der Waals surface area contributed by atoms with E-state index in [1.165, 1.54) is 25.7 Å². The van der Waals surface area contributed by atoms with Gasteiger partial charge in [-0.25, -0.2) is 8.78 Å². The maximum absolute atomic E-state index is 13.3. The number of ether oxygens (including phenoxy) is 2. The highest BCUT2D eigenvalue weighted by Crippen LogP contribution is 2.48. The van der Waals surface area contributed by atoms with Gasteiger partial charge in [-0.1, -0.05) is 71.1 Å². The molecule has 0 N–H and O–H groups in total. The van der Waals surface area contributed by atoms with Crippen molar-refractivity contribution in [2.24, 2.45) is 0 Å². The minimum Gasteiger partial charge on any atom is -0.466 e. The minimum atomic E-state index is -6.39. The van der Waals surface area contributed by atoms with Gasteiger partial charge >= 0.3 is 36.1 Å². The number of esters is 2. The number of unbranched alkanes of at least 4 members (excludes halogenated alkanes) is 11. The van der Waals surface area contributed by atoms with Gasteiger partial charge in [0.05, 0.1) is 6.61 Å². The lowest BCUT2D eigenvalue weighted by Gasteiger charge is -2.31. The lowest BCUT2D eigenvalue weighted by atomic mass is 10.1. The third-order valence-electron chi connectivity index (χ3n) is 5.59.